The van der Waals surface area contributed by atoms with E-state index in [9.17, 15) is 14.6 Å². The Morgan fingerprint density at radius 3 is 2.81 bits per heavy atom. The number of likely N-dealkylation sites (tertiary alicyclic amines) is 1. The number of hydrogen-bond acceptors (Lipinski definition) is 5. The Morgan fingerprint density at radius 2 is 2.15 bits per heavy atom. The molecule has 3 N–H and O–H groups in total. The summed E-state index contributed by atoms with van der Waals surface area (Å²) in [6.45, 7) is 3.49. The Kier molecular flexibility index (Phi) is 4.64. The van der Waals surface area contributed by atoms with Crippen LogP contribution < -0.4 is 4.90 Å². The van der Waals surface area contributed by atoms with Crippen molar-refractivity contribution in [3.63, 3.8) is 0 Å². The SMILES string of the molecule is CCc1nc2sc([C@@H](c3cccc(F)c3)[NH+]3CCC(O)CC3)c(O)n2n1. The number of nitrogens with zero attached hydrogens (tertiary/aromatic N) is 3. The van der Waals surface area contributed by atoms with Gasteiger partial charge in [-0.25, -0.2) is 9.37 Å². The molecule has 0 aliphatic carbocycles. The van der Waals surface area contributed by atoms with Crippen molar-refractivity contribution in [3.05, 3.63) is 46.3 Å². The molecule has 1 saturated heterocycles. The first-order valence-electron chi connectivity index (χ1n) is 8.92. The first-order chi connectivity index (χ1) is 12.6. The van der Waals surface area contributed by atoms with Gasteiger partial charge in [0, 0.05) is 24.8 Å². The molecule has 8 heteroatoms. The molecule has 1 aromatic carbocycles. The van der Waals surface area contributed by atoms with Crippen molar-refractivity contribution < 1.29 is 19.5 Å². The number of hydrogen-bond donors (Lipinski definition) is 3. The second-order valence-corrected chi connectivity index (χ2v) is 7.75. The summed E-state index contributed by atoms with van der Waals surface area (Å²) in [6.07, 6.45) is 1.81. The molecule has 26 heavy (non-hydrogen) atoms. The smallest absolute Gasteiger partial charge is 0.235 e. The van der Waals surface area contributed by atoms with Crippen molar-refractivity contribution in [1.82, 2.24) is 14.6 Å². The van der Waals surface area contributed by atoms with E-state index in [-0.39, 0.29) is 23.8 Å². The van der Waals surface area contributed by atoms with E-state index in [1.54, 1.807) is 6.07 Å². The van der Waals surface area contributed by atoms with Gasteiger partial charge in [-0.1, -0.05) is 30.4 Å². The van der Waals surface area contributed by atoms with Crippen LogP contribution in [0.1, 0.15) is 42.1 Å². The number of piperidine rings is 1. The van der Waals surface area contributed by atoms with Crippen molar-refractivity contribution in [2.24, 2.45) is 0 Å². The fourth-order valence-corrected chi connectivity index (χ4v) is 4.81. The second-order valence-electron chi connectivity index (χ2n) is 6.74. The molecule has 0 bridgehead atoms. The first-order valence-corrected chi connectivity index (χ1v) is 9.74. The zero-order valence-corrected chi connectivity index (χ0v) is 15.3. The molecule has 138 valence electrons. The van der Waals surface area contributed by atoms with Crippen LogP contribution in [0, 0.1) is 5.82 Å². The molecule has 1 atom stereocenters. The Hall–Kier alpha value is -2.03. The van der Waals surface area contributed by atoms with Gasteiger partial charge in [-0.2, -0.15) is 4.52 Å². The molecule has 1 aliphatic rings. The molecule has 2 aromatic heterocycles. The zero-order chi connectivity index (χ0) is 18.3. The number of aromatic hydroxyl groups is 1. The standard InChI is InChI=1S/C18H21FN4O2S/c1-2-14-20-18-23(21-14)17(25)16(26-18)15(11-4-3-5-12(19)10-11)22-8-6-13(24)7-9-22/h3-5,10,13,15,24-25H,2,6-9H2,1H3/p+1/t15-/m1/s1. The van der Waals surface area contributed by atoms with Crippen molar-refractivity contribution in [2.45, 2.75) is 38.3 Å². The second kappa shape index (κ2) is 6.94. The van der Waals surface area contributed by atoms with Crippen LogP contribution in [0.2, 0.25) is 0 Å². The van der Waals surface area contributed by atoms with E-state index >= 15 is 0 Å². The maximum Gasteiger partial charge on any atom is 0.235 e. The molecule has 6 nitrogen and oxygen atoms in total. The van der Waals surface area contributed by atoms with Gasteiger partial charge in [-0.05, 0) is 12.1 Å². The lowest BCUT2D eigenvalue weighted by Gasteiger charge is -2.33. The van der Waals surface area contributed by atoms with Crippen LogP contribution >= 0.6 is 11.3 Å². The molecule has 4 rings (SSSR count). The fraction of sp³-hybridized carbons (Fsp3) is 0.444. The van der Waals surface area contributed by atoms with Crippen molar-refractivity contribution in [2.75, 3.05) is 13.1 Å². The van der Waals surface area contributed by atoms with Crippen LogP contribution in [0.3, 0.4) is 0 Å². The van der Waals surface area contributed by atoms with E-state index in [0.717, 1.165) is 23.5 Å². The molecular weight excluding hydrogens is 355 g/mol. The average Bonchev–Trinajstić information content (AvgIpc) is 3.17. The first kappa shape index (κ1) is 17.4. The Labute approximate surface area is 154 Å². The predicted octanol–water partition coefficient (Wildman–Crippen LogP) is 1.33. The summed E-state index contributed by atoms with van der Waals surface area (Å²) in [5.74, 6) is 0.468. The van der Waals surface area contributed by atoms with Gasteiger partial charge in [-0.3, -0.25) is 0 Å². The minimum absolute atomic E-state index is 0.0742. The minimum atomic E-state index is -0.295. The molecule has 3 heterocycles. The predicted molar refractivity (Wildman–Crippen MR) is 96.1 cm³/mol. The largest absolute Gasteiger partial charge is 0.492 e. The van der Waals surface area contributed by atoms with Crippen molar-refractivity contribution in [3.8, 4) is 5.88 Å². The van der Waals surface area contributed by atoms with Crippen LogP contribution in [0.15, 0.2) is 24.3 Å². The highest BCUT2D eigenvalue weighted by Crippen LogP contribution is 2.35. The molecule has 0 radical (unpaired) electrons. The maximum atomic E-state index is 13.9. The highest BCUT2D eigenvalue weighted by atomic mass is 32.1. The maximum absolute atomic E-state index is 13.9. The highest BCUT2D eigenvalue weighted by Gasteiger charge is 2.35. The number of aliphatic hydroxyl groups is 1. The van der Waals surface area contributed by atoms with E-state index in [2.05, 4.69) is 10.1 Å². The monoisotopic (exact) mass is 377 g/mol. The number of aryl methyl sites for hydroxylation is 1. The Balaban J connectivity index is 1.79. The van der Waals surface area contributed by atoms with Crippen LogP contribution in [-0.2, 0) is 6.42 Å². The normalized spacial score (nSPS) is 22.0. The third-order valence-corrected chi connectivity index (χ3v) is 6.09. The van der Waals surface area contributed by atoms with Gasteiger partial charge in [-0.15, -0.1) is 5.10 Å². The van der Waals surface area contributed by atoms with E-state index in [4.69, 9.17) is 0 Å². The number of aliphatic hydroxyl groups excluding tert-OH is 1. The summed E-state index contributed by atoms with van der Waals surface area (Å²) < 4.78 is 15.4. The van der Waals surface area contributed by atoms with Gasteiger partial charge in [0.1, 0.15) is 10.7 Å². The van der Waals surface area contributed by atoms with Gasteiger partial charge in [0.05, 0.1) is 19.2 Å². The molecule has 3 aromatic rings. The lowest BCUT2D eigenvalue weighted by Crippen LogP contribution is -3.13. The number of aromatic nitrogens is 3. The molecule has 0 unspecified atom stereocenters. The van der Waals surface area contributed by atoms with Gasteiger partial charge < -0.3 is 15.1 Å². The topological polar surface area (TPSA) is 75.1 Å². The average molecular weight is 377 g/mol. The van der Waals surface area contributed by atoms with Gasteiger partial charge in [0.25, 0.3) is 0 Å². The fourth-order valence-electron chi connectivity index (χ4n) is 3.65. The van der Waals surface area contributed by atoms with Gasteiger partial charge >= 0.3 is 0 Å². The summed E-state index contributed by atoms with van der Waals surface area (Å²) in [5, 5.41) is 25.0. The van der Waals surface area contributed by atoms with Crippen LogP contribution in [0.4, 0.5) is 4.39 Å². The summed E-state index contributed by atoms with van der Waals surface area (Å²) in [4.78, 5) is 7.04. The highest BCUT2D eigenvalue weighted by molar-refractivity contribution is 7.17. The molecule has 1 fully saturated rings. The molecule has 1 aliphatic heterocycles. The Bertz CT molecular complexity index is 917. The van der Waals surface area contributed by atoms with Crippen molar-refractivity contribution >= 4 is 16.3 Å². The van der Waals surface area contributed by atoms with Gasteiger partial charge in [0.2, 0.25) is 10.8 Å². The number of fused-ring (bicyclic) bond motifs is 1. The number of nitrogens with one attached hydrogen (secondary N) is 1. The van der Waals surface area contributed by atoms with Crippen LogP contribution in [0.25, 0.3) is 4.96 Å². The number of halogens is 1. The quantitative estimate of drug-likeness (QED) is 0.641. The zero-order valence-electron chi connectivity index (χ0n) is 14.5. The van der Waals surface area contributed by atoms with E-state index in [1.165, 1.54) is 32.9 Å². The summed E-state index contributed by atoms with van der Waals surface area (Å²) >= 11 is 1.40. The molecule has 0 amide bonds. The summed E-state index contributed by atoms with van der Waals surface area (Å²) in [6, 6.07) is 6.32. The number of thiazole rings is 1. The van der Waals surface area contributed by atoms with E-state index in [1.807, 2.05) is 13.0 Å². The third-order valence-electron chi connectivity index (χ3n) is 5.01. The van der Waals surface area contributed by atoms with E-state index < -0.39 is 0 Å². The number of quaternary nitrogens is 1. The summed E-state index contributed by atoms with van der Waals surface area (Å²) in [5.41, 5.74) is 0.812. The lowest BCUT2D eigenvalue weighted by atomic mass is 9.99. The lowest BCUT2D eigenvalue weighted by molar-refractivity contribution is -0.931. The summed E-state index contributed by atoms with van der Waals surface area (Å²) in [7, 11) is 0. The number of rotatable bonds is 4. The van der Waals surface area contributed by atoms with Crippen molar-refractivity contribution in [1.29, 1.82) is 0 Å². The minimum Gasteiger partial charge on any atom is -0.492 e. The van der Waals surface area contributed by atoms with E-state index in [0.29, 0.717) is 30.0 Å². The van der Waals surface area contributed by atoms with Crippen LogP contribution in [0.5, 0.6) is 5.88 Å². The molecule has 0 saturated carbocycles. The van der Waals surface area contributed by atoms with Gasteiger partial charge in [0.15, 0.2) is 11.9 Å². The molecular formula is C18H22FN4O2S+. The third kappa shape index (κ3) is 3.08. The van der Waals surface area contributed by atoms with Crippen LogP contribution in [-0.4, -0.2) is 44.0 Å². The molecule has 0 spiro atoms. The number of benzene rings is 1. The Morgan fingerprint density at radius 1 is 1.38 bits per heavy atom.